The van der Waals surface area contributed by atoms with Gasteiger partial charge in [-0.2, -0.15) is 0 Å². The third kappa shape index (κ3) is 3.16. The number of nitrogens with zero attached hydrogens (tertiary/aromatic N) is 1. The van der Waals surface area contributed by atoms with E-state index in [0.29, 0.717) is 18.2 Å². The van der Waals surface area contributed by atoms with Gasteiger partial charge in [-0.3, -0.25) is 0 Å². The van der Waals surface area contributed by atoms with Gasteiger partial charge >= 0.3 is 0 Å². The molecular formula is C16H21NO2. The third-order valence-electron chi connectivity index (χ3n) is 4.08. The highest BCUT2D eigenvalue weighted by Crippen LogP contribution is 2.28. The van der Waals surface area contributed by atoms with Crippen LogP contribution in [0.4, 0.5) is 0 Å². The molecule has 19 heavy (non-hydrogen) atoms. The molecule has 0 radical (unpaired) electrons. The number of hydrogen-bond acceptors (Lipinski definition) is 3. The number of oxazole rings is 1. The average Bonchev–Trinajstić information content (AvgIpc) is 2.81. The lowest BCUT2D eigenvalue weighted by molar-refractivity contribution is 0.124. The smallest absolute Gasteiger partial charge is 0.198 e. The second-order valence-electron chi connectivity index (χ2n) is 5.67. The Balaban J connectivity index is 1.60. The van der Waals surface area contributed by atoms with Gasteiger partial charge in [-0.15, -0.1) is 0 Å². The van der Waals surface area contributed by atoms with Crippen molar-refractivity contribution in [3.63, 3.8) is 0 Å². The lowest BCUT2D eigenvalue weighted by Crippen LogP contribution is -2.18. The minimum Gasteiger partial charge on any atom is -0.441 e. The largest absolute Gasteiger partial charge is 0.441 e. The van der Waals surface area contributed by atoms with E-state index in [9.17, 15) is 5.11 Å². The van der Waals surface area contributed by atoms with Crippen molar-refractivity contribution in [1.82, 2.24) is 4.98 Å². The molecule has 1 aliphatic rings. The third-order valence-corrected chi connectivity index (χ3v) is 4.08. The van der Waals surface area contributed by atoms with E-state index in [1.54, 1.807) is 0 Å². The summed E-state index contributed by atoms with van der Waals surface area (Å²) in [6, 6.07) is 7.75. The maximum absolute atomic E-state index is 10.2. The summed E-state index contributed by atoms with van der Waals surface area (Å²) < 4.78 is 5.66. The first-order valence-electron chi connectivity index (χ1n) is 7.34. The lowest BCUT2D eigenvalue weighted by atomic mass is 9.85. The first kappa shape index (κ1) is 12.7. The van der Waals surface area contributed by atoms with Gasteiger partial charge in [-0.25, -0.2) is 4.98 Å². The molecule has 1 saturated carbocycles. The van der Waals surface area contributed by atoms with Gasteiger partial charge in [0.25, 0.3) is 0 Å². The van der Waals surface area contributed by atoms with Gasteiger partial charge in [-0.1, -0.05) is 44.2 Å². The molecule has 3 rings (SSSR count). The Morgan fingerprint density at radius 2 is 2.00 bits per heavy atom. The van der Waals surface area contributed by atoms with Crippen LogP contribution in [0.25, 0.3) is 11.1 Å². The monoisotopic (exact) mass is 259 g/mol. The molecule has 0 spiro atoms. The first-order chi connectivity index (χ1) is 9.31. The standard InChI is InChI=1S/C16H21NO2/c18-13(10-12-6-2-1-3-7-12)11-16-17-14-8-4-5-9-15(14)19-16/h4-5,8-9,12-13,18H,1-3,6-7,10-11H2. The van der Waals surface area contributed by atoms with E-state index in [-0.39, 0.29) is 6.10 Å². The molecule has 102 valence electrons. The quantitative estimate of drug-likeness (QED) is 0.910. The van der Waals surface area contributed by atoms with Gasteiger partial charge in [0.15, 0.2) is 11.5 Å². The number of aliphatic hydroxyl groups is 1. The molecular weight excluding hydrogens is 238 g/mol. The number of benzene rings is 1. The van der Waals surface area contributed by atoms with Gasteiger partial charge in [-0.05, 0) is 24.5 Å². The molecule has 0 saturated heterocycles. The van der Waals surface area contributed by atoms with E-state index in [2.05, 4.69) is 4.98 Å². The number of aliphatic hydroxyl groups excluding tert-OH is 1. The number of hydrogen-bond donors (Lipinski definition) is 1. The van der Waals surface area contributed by atoms with E-state index in [0.717, 1.165) is 17.5 Å². The van der Waals surface area contributed by atoms with E-state index in [4.69, 9.17) is 4.42 Å². The van der Waals surface area contributed by atoms with Crippen molar-refractivity contribution in [3.05, 3.63) is 30.2 Å². The van der Waals surface area contributed by atoms with Crippen LogP contribution in [0.2, 0.25) is 0 Å². The fourth-order valence-corrected chi connectivity index (χ4v) is 3.10. The normalized spacial score (nSPS) is 18.8. The Bertz CT molecular complexity index is 495. The van der Waals surface area contributed by atoms with E-state index in [1.165, 1.54) is 32.1 Å². The van der Waals surface area contributed by atoms with Crippen molar-refractivity contribution in [2.45, 2.75) is 51.0 Å². The molecule has 1 aromatic heterocycles. The number of para-hydroxylation sites is 2. The number of aromatic nitrogens is 1. The molecule has 1 unspecified atom stereocenters. The minimum atomic E-state index is -0.323. The van der Waals surface area contributed by atoms with Gasteiger partial charge in [0, 0.05) is 0 Å². The fraction of sp³-hybridized carbons (Fsp3) is 0.562. The van der Waals surface area contributed by atoms with Gasteiger partial charge in [0.05, 0.1) is 12.5 Å². The molecule has 0 bridgehead atoms. The van der Waals surface area contributed by atoms with Crippen LogP contribution in [-0.2, 0) is 6.42 Å². The van der Waals surface area contributed by atoms with Crippen LogP contribution in [0.15, 0.2) is 28.7 Å². The first-order valence-corrected chi connectivity index (χ1v) is 7.34. The van der Waals surface area contributed by atoms with Crippen LogP contribution in [0.3, 0.4) is 0 Å². The van der Waals surface area contributed by atoms with Crippen LogP contribution in [-0.4, -0.2) is 16.2 Å². The van der Waals surface area contributed by atoms with Crippen LogP contribution in [0, 0.1) is 5.92 Å². The molecule has 1 atom stereocenters. The second kappa shape index (κ2) is 5.74. The van der Waals surface area contributed by atoms with Gasteiger partial charge in [0.1, 0.15) is 5.52 Å². The highest BCUT2D eigenvalue weighted by atomic mass is 16.4. The number of rotatable bonds is 4. The topological polar surface area (TPSA) is 46.3 Å². The summed E-state index contributed by atoms with van der Waals surface area (Å²) in [7, 11) is 0. The minimum absolute atomic E-state index is 0.323. The van der Waals surface area contributed by atoms with Crippen LogP contribution < -0.4 is 0 Å². The summed E-state index contributed by atoms with van der Waals surface area (Å²) in [6.45, 7) is 0. The zero-order chi connectivity index (χ0) is 13.1. The Morgan fingerprint density at radius 3 is 2.79 bits per heavy atom. The highest BCUT2D eigenvalue weighted by Gasteiger charge is 2.19. The summed E-state index contributed by atoms with van der Waals surface area (Å²) in [4.78, 5) is 4.42. The molecule has 1 fully saturated rings. The molecule has 0 amide bonds. The summed E-state index contributed by atoms with van der Waals surface area (Å²) in [5.74, 6) is 1.35. The lowest BCUT2D eigenvalue weighted by Gasteiger charge is -2.23. The molecule has 1 aliphatic carbocycles. The van der Waals surface area contributed by atoms with Gasteiger partial charge in [0.2, 0.25) is 0 Å². The van der Waals surface area contributed by atoms with Gasteiger partial charge < -0.3 is 9.52 Å². The van der Waals surface area contributed by atoms with E-state index in [1.807, 2.05) is 24.3 Å². The SMILES string of the molecule is OC(Cc1nc2ccccc2o1)CC1CCCCC1. The Hall–Kier alpha value is -1.35. The molecule has 0 aliphatic heterocycles. The fourth-order valence-electron chi connectivity index (χ4n) is 3.10. The molecule has 2 aromatic rings. The summed E-state index contributed by atoms with van der Waals surface area (Å²) in [5.41, 5.74) is 1.68. The summed E-state index contributed by atoms with van der Waals surface area (Å²) >= 11 is 0. The molecule has 3 heteroatoms. The van der Waals surface area contributed by atoms with Crippen molar-refractivity contribution in [2.24, 2.45) is 5.92 Å². The maximum atomic E-state index is 10.2. The Kier molecular flexibility index (Phi) is 3.83. The highest BCUT2D eigenvalue weighted by molar-refractivity contribution is 5.72. The van der Waals surface area contributed by atoms with Crippen molar-refractivity contribution < 1.29 is 9.52 Å². The summed E-state index contributed by atoms with van der Waals surface area (Å²) in [6.07, 6.45) is 7.63. The predicted octanol–water partition coefficient (Wildman–Crippen LogP) is 3.70. The van der Waals surface area contributed by atoms with Crippen molar-refractivity contribution >= 4 is 11.1 Å². The van der Waals surface area contributed by atoms with E-state index >= 15 is 0 Å². The van der Waals surface area contributed by atoms with Crippen molar-refractivity contribution in [1.29, 1.82) is 0 Å². The Morgan fingerprint density at radius 1 is 1.21 bits per heavy atom. The van der Waals surface area contributed by atoms with Crippen LogP contribution in [0.1, 0.15) is 44.4 Å². The zero-order valence-electron chi connectivity index (χ0n) is 11.2. The average molecular weight is 259 g/mol. The molecule has 1 heterocycles. The molecule has 1 aromatic carbocycles. The maximum Gasteiger partial charge on any atom is 0.198 e. The number of fused-ring (bicyclic) bond motifs is 1. The second-order valence-corrected chi connectivity index (χ2v) is 5.67. The summed E-state index contributed by atoms with van der Waals surface area (Å²) in [5, 5.41) is 10.2. The molecule has 1 N–H and O–H groups in total. The van der Waals surface area contributed by atoms with Crippen molar-refractivity contribution in [2.75, 3.05) is 0 Å². The van der Waals surface area contributed by atoms with Crippen LogP contribution >= 0.6 is 0 Å². The van der Waals surface area contributed by atoms with Crippen LogP contribution in [0.5, 0.6) is 0 Å². The van der Waals surface area contributed by atoms with Crippen molar-refractivity contribution in [3.8, 4) is 0 Å². The predicted molar refractivity (Wildman–Crippen MR) is 74.9 cm³/mol. The van der Waals surface area contributed by atoms with E-state index < -0.39 is 0 Å². The Labute approximate surface area is 113 Å². The zero-order valence-corrected chi connectivity index (χ0v) is 11.2. The molecule has 3 nitrogen and oxygen atoms in total.